The van der Waals surface area contributed by atoms with E-state index in [1.165, 1.54) is 13.8 Å². The molecule has 0 atom stereocenters. The van der Waals surface area contributed by atoms with E-state index in [1.807, 2.05) is 0 Å². The third kappa shape index (κ3) is 6.14. The van der Waals surface area contributed by atoms with Crippen LogP contribution in [0.2, 0.25) is 5.02 Å². The fourth-order valence-electron chi connectivity index (χ4n) is 1.65. The Labute approximate surface area is 136 Å². The lowest BCUT2D eigenvalue weighted by Gasteiger charge is -2.17. The summed E-state index contributed by atoms with van der Waals surface area (Å²) in [5, 5.41) is -0.161. The number of carbonyl (C=O) groups excluding carboxylic acids is 1. The van der Waals surface area contributed by atoms with E-state index in [1.54, 1.807) is 0 Å². The maximum atomic E-state index is 12.9. The van der Waals surface area contributed by atoms with Gasteiger partial charge >= 0.3 is 19.7 Å². The minimum Gasteiger partial charge on any atom is -0.425 e. The van der Waals surface area contributed by atoms with Crippen LogP contribution < -0.4 is 4.74 Å². The van der Waals surface area contributed by atoms with E-state index in [0.717, 1.165) is 12.1 Å². The second kappa shape index (κ2) is 8.15. The van der Waals surface area contributed by atoms with Crippen LogP contribution in [-0.2, 0) is 24.6 Å². The third-order valence-electron chi connectivity index (χ3n) is 2.45. The molecule has 0 unspecified atom stereocenters. The highest BCUT2D eigenvalue weighted by molar-refractivity contribution is 7.54. The molecule has 130 valence electrons. The van der Waals surface area contributed by atoms with Crippen molar-refractivity contribution < 1.29 is 36.3 Å². The molecule has 0 spiro atoms. The number of halogens is 4. The van der Waals surface area contributed by atoms with Gasteiger partial charge in [0.15, 0.2) is 0 Å². The van der Waals surface area contributed by atoms with E-state index in [0.29, 0.717) is 6.07 Å². The van der Waals surface area contributed by atoms with Crippen molar-refractivity contribution in [1.29, 1.82) is 0 Å². The van der Waals surface area contributed by atoms with Crippen molar-refractivity contribution in [2.75, 3.05) is 19.4 Å². The van der Waals surface area contributed by atoms with Gasteiger partial charge in [0.25, 0.3) is 0 Å². The normalized spacial score (nSPS) is 12.3. The molecule has 0 N–H and O–H groups in total. The molecule has 1 rings (SSSR count). The second-order valence-corrected chi connectivity index (χ2v) is 6.71. The maximum Gasteiger partial charge on any atom is 0.420 e. The molecule has 0 aliphatic rings. The van der Waals surface area contributed by atoms with Crippen molar-refractivity contribution in [3.8, 4) is 5.75 Å². The summed E-state index contributed by atoms with van der Waals surface area (Å²) in [4.78, 5) is 11.8. The van der Waals surface area contributed by atoms with E-state index in [9.17, 15) is 22.5 Å². The molecule has 0 aliphatic carbocycles. The predicted octanol–water partition coefficient (Wildman–Crippen LogP) is 4.53. The van der Waals surface area contributed by atoms with E-state index in [2.05, 4.69) is 4.74 Å². The molecular weight excluding hydrogens is 360 g/mol. The van der Waals surface area contributed by atoms with Crippen LogP contribution in [0.15, 0.2) is 18.2 Å². The van der Waals surface area contributed by atoms with Crippen molar-refractivity contribution in [2.24, 2.45) is 0 Å². The third-order valence-corrected chi connectivity index (χ3v) is 4.63. The summed E-state index contributed by atoms with van der Waals surface area (Å²) in [7, 11) is -3.76. The highest BCUT2D eigenvalue weighted by atomic mass is 35.5. The van der Waals surface area contributed by atoms with Crippen LogP contribution >= 0.6 is 19.2 Å². The summed E-state index contributed by atoms with van der Waals surface area (Å²) < 4.78 is 65.3. The molecule has 0 amide bonds. The SMILES string of the molecule is CCOP(=O)(CC(=O)Oc1ccc(Cl)cc1C(F)(F)F)OCC. The highest BCUT2D eigenvalue weighted by Gasteiger charge is 2.36. The maximum absolute atomic E-state index is 12.9. The van der Waals surface area contributed by atoms with Gasteiger partial charge in [0.05, 0.1) is 18.8 Å². The lowest BCUT2D eigenvalue weighted by molar-refractivity contribution is -0.141. The fraction of sp³-hybridized carbons (Fsp3) is 0.462. The quantitative estimate of drug-likeness (QED) is 0.398. The zero-order chi connectivity index (χ0) is 17.7. The molecule has 0 heterocycles. The molecule has 0 saturated carbocycles. The van der Waals surface area contributed by atoms with E-state index in [4.69, 9.17) is 20.6 Å². The van der Waals surface area contributed by atoms with Gasteiger partial charge in [-0.15, -0.1) is 0 Å². The smallest absolute Gasteiger partial charge is 0.420 e. The van der Waals surface area contributed by atoms with Crippen LogP contribution in [-0.4, -0.2) is 25.3 Å². The average Bonchev–Trinajstić information content (AvgIpc) is 2.39. The zero-order valence-corrected chi connectivity index (χ0v) is 14.0. The fourth-order valence-corrected chi connectivity index (χ4v) is 3.24. The van der Waals surface area contributed by atoms with Crippen molar-refractivity contribution in [3.05, 3.63) is 28.8 Å². The Bertz CT molecular complexity index is 596. The molecular formula is C13H15ClF3O5P. The summed E-state index contributed by atoms with van der Waals surface area (Å²) in [6.45, 7) is 3.11. The summed E-state index contributed by atoms with van der Waals surface area (Å²) >= 11 is 5.52. The molecule has 23 heavy (non-hydrogen) atoms. The van der Waals surface area contributed by atoms with E-state index < -0.39 is 37.2 Å². The molecule has 0 bridgehead atoms. The number of esters is 1. The largest absolute Gasteiger partial charge is 0.425 e. The molecule has 1 aromatic carbocycles. The highest BCUT2D eigenvalue weighted by Crippen LogP contribution is 2.48. The number of benzene rings is 1. The van der Waals surface area contributed by atoms with Crippen LogP contribution in [0.25, 0.3) is 0 Å². The summed E-state index contributed by atoms with van der Waals surface area (Å²) in [6, 6.07) is 2.69. The Morgan fingerprint density at radius 2 is 1.78 bits per heavy atom. The molecule has 0 aromatic heterocycles. The Balaban J connectivity index is 2.95. The Morgan fingerprint density at radius 3 is 2.26 bits per heavy atom. The summed E-state index contributed by atoms with van der Waals surface area (Å²) in [5.41, 5.74) is -1.21. The van der Waals surface area contributed by atoms with Gasteiger partial charge in [-0.3, -0.25) is 9.36 Å². The minimum atomic E-state index is -4.76. The molecule has 0 aliphatic heterocycles. The van der Waals surface area contributed by atoms with E-state index >= 15 is 0 Å². The van der Waals surface area contributed by atoms with Crippen molar-refractivity contribution in [2.45, 2.75) is 20.0 Å². The van der Waals surface area contributed by atoms with Crippen molar-refractivity contribution in [3.63, 3.8) is 0 Å². The van der Waals surface area contributed by atoms with Crippen molar-refractivity contribution in [1.82, 2.24) is 0 Å². The van der Waals surface area contributed by atoms with Gasteiger partial charge in [-0.25, -0.2) is 0 Å². The van der Waals surface area contributed by atoms with Gasteiger partial charge in [-0.2, -0.15) is 13.2 Å². The standard InChI is InChI=1S/C13H15ClF3O5P/c1-3-20-23(19,21-4-2)8-12(18)22-11-6-5-9(14)7-10(11)13(15,16)17/h5-7H,3-4,8H2,1-2H3. The predicted molar refractivity (Wildman–Crippen MR) is 77.8 cm³/mol. The van der Waals surface area contributed by atoms with Gasteiger partial charge in [0, 0.05) is 5.02 Å². The Hall–Kier alpha value is -1.08. The monoisotopic (exact) mass is 374 g/mol. The first kappa shape index (κ1) is 20.0. The first-order valence-electron chi connectivity index (χ1n) is 6.57. The average molecular weight is 375 g/mol. The second-order valence-electron chi connectivity index (χ2n) is 4.22. The van der Waals surface area contributed by atoms with Gasteiger partial charge in [-0.05, 0) is 32.0 Å². The number of hydrogen-bond acceptors (Lipinski definition) is 5. The topological polar surface area (TPSA) is 61.8 Å². The molecule has 0 radical (unpaired) electrons. The minimum absolute atomic E-state index is 0.0132. The summed E-state index contributed by atoms with van der Waals surface area (Å²) in [6.07, 6.45) is -5.56. The van der Waals surface area contributed by atoms with Crippen LogP contribution in [0.1, 0.15) is 19.4 Å². The molecule has 0 saturated heterocycles. The molecule has 1 aromatic rings. The van der Waals surface area contributed by atoms with Crippen LogP contribution in [0, 0.1) is 0 Å². The van der Waals surface area contributed by atoms with Crippen LogP contribution in [0.5, 0.6) is 5.75 Å². The lowest BCUT2D eigenvalue weighted by atomic mass is 10.2. The number of hydrogen-bond donors (Lipinski definition) is 0. The first-order chi connectivity index (χ1) is 10.6. The zero-order valence-electron chi connectivity index (χ0n) is 12.4. The van der Waals surface area contributed by atoms with Gasteiger partial charge in [0.2, 0.25) is 0 Å². The number of rotatable bonds is 7. The Kier molecular flexibility index (Phi) is 7.07. The van der Waals surface area contributed by atoms with Gasteiger partial charge in [-0.1, -0.05) is 11.6 Å². The lowest BCUT2D eigenvalue weighted by Crippen LogP contribution is -2.18. The molecule has 0 fully saturated rings. The van der Waals surface area contributed by atoms with E-state index in [-0.39, 0.29) is 18.2 Å². The van der Waals surface area contributed by atoms with Crippen LogP contribution in [0.4, 0.5) is 13.2 Å². The van der Waals surface area contributed by atoms with Gasteiger partial charge in [0.1, 0.15) is 11.9 Å². The van der Waals surface area contributed by atoms with Gasteiger partial charge < -0.3 is 13.8 Å². The molecule has 5 nitrogen and oxygen atoms in total. The summed E-state index contributed by atoms with van der Waals surface area (Å²) in [5.74, 6) is -1.89. The van der Waals surface area contributed by atoms with Crippen molar-refractivity contribution >= 4 is 25.2 Å². The first-order valence-corrected chi connectivity index (χ1v) is 8.67. The van der Waals surface area contributed by atoms with Crippen LogP contribution in [0.3, 0.4) is 0 Å². The molecule has 10 heteroatoms. The Morgan fingerprint density at radius 1 is 1.22 bits per heavy atom. The number of alkyl halides is 3. The number of carbonyl (C=O) groups is 1. The number of ether oxygens (including phenoxy) is 1.